The van der Waals surface area contributed by atoms with E-state index in [0.717, 1.165) is 15.5 Å². The molecular formula is C17H19F3IN3O. The maximum atomic E-state index is 13.2. The van der Waals surface area contributed by atoms with Crippen LogP contribution in [0.3, 0.4) is 0 Å². The monoisotopic (exact) mass is 465 g/mol. The molecule has 0 aliphatic carbocycles. The molecule has 1 heterocycles. The summed E-state index contributed by atoms with van der Waals surface area (Å²) < 4.78 is 45.9. The molecule has 25 heavy (non-hydrogen) atoms. The fourth-order valence-electron chi connectivity index (χ4n) is 2.12. The molecule has 0 atom stereocenters. The van der Waals surface area contributed by atoms with Crippen molar-refractivity contribution in [3.05, 3.63) is 39.6 Å². The van der Waals surface area contributed by atoms with Gasteiger partial charge in [0.15, 0.2) is 0 Å². The third-order valence-corrected chi connectivity index (χ3v) is 3.95. The minimum atomic E-state index is -4.57. The van der Waals surface area contributed by atoms with Crippen molar-refractivity contribution >= 4 is 34.2 Å². The van der Waals surface area contributed by atoms with Gasteiger partial charge in [-0.25, -0.2) is 4.98 Å². The highest BCUT2D eigenvalue weighted by Crippen LogP contribution is 2.36. The molecule has 0 aliphatic rings. The van der Waals surface area contributed by atoms with Crippen LogP contribution in [0.15, 0.2) is 30.5 Å². The molecule has 136 valence electrons. The number of benzene rings is 1. The normalized spacial score (nSPS) is 11.7. The van der Waals surface area contributed by atoms with Gasteiger partial charge in [0.2, 0.25) is 11.8 Å². The highest BCUT2D eigenvalue weighted by Gasteiger charge is 2.36. The molecule has 0 fully saturated rings. The second kappa shape index (κ2) is 8.20. The van der Waals surface area contributed by atoms with E-state index in [1.807, 2.05) is 45.0 Å². The lowest BCUT2D eigenvalue weighted by Crippen LogP contribution is -2.21. The molecule has 0 unspecified atom stereocenters. The number of ether oxygens (including phenoxy) is 1. The van der Waals surface area contributed by atoms with Crippen molar-refractivity contribution in [2.24, 2.45) is 5.92 Å². The van der Waals surface area contributed by atoms with Crippen molar-refractivity contribution in [3.63, 3.8) is 0 Å². The largest absolute Gasteiger partial charge is 0.477 e. The number of alkyl halides is 3. The predicted molar refractivity (Wildman–Crippen MR) is 99.2 cm³/mol. The molecule has 0 saturated carbocycles. The van der Waals surface area contributed by atoms with Crippen LogP contribution in [0, 0.1) is 9.49 Å². The van der Waals surface area contributed by atoms with Gasteiger partial charge in [-0.1, -0.05) is 19.9 Å². The zero-order valence-corrected chi connectivity index (χ0v) is 16.3. The Bertz CT molecular complexity index is 723. The van der Waals surface area contributed by atoms with Crippen LogP contribution < -0.4 is 9.64 Å². The fourth-order valence-corrected chi connectivity index (χ4v) is 2.65. The van der Waals surface area contributed by atoms with E-state index in [1.165, 1.54) is 0 Å². The molecule has 2 rings (SSSR count). The van der Waals surface area contributed by atoms with E-state index in [4.69, 9.17) is 4.74 Å². The first-order valence-electron chi connectivity index (χ1n) is 7.82. The van der Waals surface area contributed by atoms with E-state index >= 15 is 0 Å². The van der Waals surface area contributed by atoms with Gasteiger partial charge in [0, 0.05) is 22.0 Å². The topological polar surface area (TPSA) is 38.2 Å². The number of hydrogen-bond acceptors (Lipinski definition) is 4. The number of aromatic nitrogens is 2. The molecule has 0 amide bonds. The van der Waals surface area contributed by atoms with E-state index in [2.05, 4.69) is 32.6 Å². The first kappa shape index (κ1) is 19.7. The Balaban J connectivity index is 2.44. The number of anilines is 2. The molecule has 0 radical (unpaired) electrons. The zero-order valence-electron chi connectivity index (χ0n) is 14.1. The van der Waals surface area contributed by atoms with Gasteiger partial charge in [0.05, 0.1) is 6.61 Å². The van der Waals surface area contributed by atoms with Gasteiger partial charge in [0.25, 0.3) is 0 Å². The number of rotatable bonds is 6. The van der Waals surface area contributed by atoms with Crippen molar-refractivity contribution < 1.29 is 17.9 Å². The Morgan fingerprint density at radius 2 is 2.00 bits per heavy atom. The van der Waals surface area contributed by atoms with Gasteiger partial charge in [-0.2, -0.15) is 18.2 Å². The summed E-state index contributed by atoms with van der Waals surface area (Å²) >= 11 is 2.18. The van der Waals surface area contributed by atoms with Crippen molar-refractivity contribution in [2.75, 3.05) is 18.1 Å². The minimum Gasteiger partial charge on any atom is -0.477 e. The molecule has 0 spiro atoms. The highest BCUT2D eigenvalue weighted by molar-refractivity contribution is 14.1. The third kappa shape index (κ3) is 5.20. The van der Waals surface area contributed by atoms with E-state index in [1.54, 1.807) is 4.90 Å². The van der Waals surface area contributed by atoms with Gasteiger partial charge in [-0.3, -0.25) is 0 Å². The zero-order chi connectivity index (χ0) is 18.6. The van der Waals surface area contributed by atoms with Gasteiger partial charge in [0.1, 0.15) is 5.56 Å². The average Bonchev–Trinajstić information content (AvgIpc) is 2.53. The summed E-state index contributed by atoms with van der Waals surface area (Å²) in [6.45, 7) is 6.26. The van der Waals surface area contributed by atoms with E-state index in [-0.39, 0.29) is 18.5 Å². The molecule has 1 aromatic carbocycles. The van der Waals surface area contributed by atoms with Crippen LogP contribution in [0.1, 0.15) is 26.3 Å². The highest BCUT2D eigenvalue weighted by atomic mass is 127. The second-order valence-electron chi connectivity index (χ2n) is 5.82. The summed E-state index contributed by atoms with van der Waals surface area (Å²) in [6.07, 6.45) is -3.78. The van der Waals surface area contributed by atoms with Gasteiger partial charge < -0.3 is 9.64 Å². The van der Waals surface area contributed by atoms with Gasteiger partial charge in [-0.15, -0.1) is 0 Å². The minimum absolute atomic E-state index is 0.0810. The summed E-state index contributed by atoms with van der Waals surface area (Å²) in [5.41, 5.74) is -0.153. The van der Waals surface area contributed by atoms with Crippen molar-refractivity contribution in [1.29, 1.82) is 0 Å². The Hall–Kier alpha value is -1.58. The molecule has 4 nitrogen and oxygen atoms in total. The van der Waals surface area contributed by atoms with Crippen LogP contribution in [0.2, 0.25) is 0 Å². The molecule has 0 saturated heterocycles. The predicted octanol–water partition coefficient (Wildman–Crippen LogP) is 5.29. The Morgan fingerprint density at radius 1 is 1.28 bits per heavy atom. The van der Waals surface area contributed by atoms with E-state index < -0.39 is 17.6 Å². The number of halogens is 4. The molecule has 8 heteroatoms. The lowest BCUT2D eigenvalue weighted by molar-refractivity contribution is -0.139. The summed E-state index contributed by atoms with van der Waals surface area (Å²) in [5, 5.41) is 0. The van der Waals surface area contributed by atoms with E-state index in [0.29, 0.717) is 6.54 Å². The molecule has 0 N–H and O–H groups in total. The Kier molecular flexibility index (Phi) is 6.47. The molecule has 2 aromatic rings. The summed E-state index contributed by atoms with van der Waals surface area (Å²) in [4.78, 5) is 9.72. The Labute approximate surface area is 158 Å². The molecule has 1 aromatic heterocycles. The third-order valence-electron chi connectivity index (χ3n) is 3.28. The van der Waals surface area contributed by atoms with Crippen LogP contribution in [0.5, 0.6) is 5.88 Å². The molecular weight excluding hydrogens is 446 g/mol. The maximum Gasteiger partial charge on any atom is 0.423 e. The number of nitrogens with zero attached hydrogens (tertiary/aromatic N) is 3. The van der Waals surface area contributed by atoms with Gasteiger partial charge >= 0.3 is 6.18 Å². The second-order valence-corrected chi connectivity index (χ2v) is 7.06. The molecule has 0 aliphatic heterocycles. The van der Waals surface area contributed by atoms with Crippen LogP contribution >= 0.6 is 22.6 Å². The standard InChI is InChI=1S/C17H19F3IN3O/c1-4-24(13-7-5-6-12(21)8-13)16-22-9-14(17(18,19)20)15(23-16)25-10-11(2)3/h5-9,11H,4,10H2,1-3H3. The summed E-state index contributed by atoms with van der Waals surface area (Å²) in [6, 6.07) is 7.59. The quantitative estimate of drug-likeness (QED) is 0.544. The van der Waals surface area contributed by atoms with Crippen LogP contribution in [-0.4, -0.2) is 23.1 Å². The number of hydrogen-bond donors (Lipinski definition) is 0. The van der Waals surface area contributed by atoms with Crippen LogP contribution in [-0.2, 0) is 6.18 Å². The lowest BCUT2D eigenvalue weighted by atomic mass is 10.2. The van der Waals surface area contributed by atoms with Gasteiger partial charge in [-0.05, 0) is 53.6 Å². The van der Waals surface area contributed by atoms with E-state index in [9.17, 15) is 13.2 Å². The fraction of sp³-hybridized carbons (Fsp3) is 0.412. The first-order valence-corrected chi connectivity index (χ1v) is 8.90. The average molecular weight is 465 g/mol. The SMILES string of the molecule is CCN(c1cccc(I)c1)c1ncc(C(F)(F)F)c(OCC(C)C)n1. The van der Waals surface area contributed by atoms with Crippen molar-refractivity contribution in [1.82, 2.24) is 9.97 Å². The lowest BCUT2D eigenvalue weighted by Gasteiger charge is -2.23. The van der Waals surface area contributed by atoms with Crippen molar-refractivity contribution in [2.45, 2.75) is 26.9 Å². The first-order chi connectivity index (χ1) is 11.7. The molecule has 0 bridgehead atoms. The smallest absolute Gasteiger partial charge is 0.423 e. The summed E-state index contributed by atoms with van der Waals surface area (Å²) in [5.74, 6) is -0.177. The Morgan fingerprint density at radius 3 is 2.56 bits per heavy atom. The van der Waals surface area contributed by atoms with Crippen LogP contribution in [0.25, 0.3) is 0 Å². The maximum absolute atomic E-state index is 13.2. The van der Waals surface area contributed by atoms with Crippen molar-refractivity contribution in [3.8, 4) is 5.88 Å². The summed E-state index contributed by atoms with van der Waals surface area (Å²) in [7, 11) is 0. The van der Waals surface area contributed by atoms with Crippen LogP contribution in [0.4, 0.5) is 24.8 Å².